The lowest BCUT2D eigenvalue weighted by molar-refractivity contribution is 0.0266. The van der Waals surface area contributed by atoms with E-state index in [1.54, 1.807) is 13.1 Å². The number of ether oxygens (including phenoxy) is 2. The molecule has 0 spiro atoms. The summed E-state index contributed by atoms with van der Waals surface area (Å²) in [6, 6.07) is 7.66. The second-order valence-corrected chi connectivity index (χ2v) is 8.65. The molecule has 1 aliphatic carbocycles. The minimum Gasteiger partial charge on any atom is -0.488 e. The molecule has 1 aliphatic heterocycles. The van der Waals surface area contributed by atoms with Gasteiger partial charge in [-0.2, -0.15) is 10.2 Å². The topological polar surface area (TPSA) is 106 Å². The number of aromatic amines is 1. The van der Waals surface area contributed by atoms with Crippen LogP contribution in [0, 0.1) is 0 Å². The highest BCUT2D eigenvalue weighted by Crippen LogP contribution is 2.40. The van der Waals surface area contributed by atoms with Crippen LogP contribution in [0.25, 0.3) is 22.3 Å². The quantitative estimate of drug-likeness (QED) is 0.643. The minimum atomic E-state index is -0.321. The lowest BCUT2D eigenvalue weighted by atomic mass is 10.1. The van der Waals surface area contributed by atoms with Gasteiger partial charge in [0.05, 0.1) is 18.2 Å². The molecule has 2 fully saturated rings. The highest BCUT2D eigenvalue weighted by Gasteiger charge is 2.40. The molecule has 1 atom stereocenters. The summed E-state index contributed by atoms with van der Waals surface area (Å²) in [6.07, 6.45) is 2.58. The van der Waals surface area contributed by atoms with Gasteiger partial charge in [0.1, 0.15) is 28.4 Å². The molecule has 2 aliphatic rings. The van der Waals surface area contributed by atoms with E-state index >= 15 is 0 Å². The standard InChI is InChI=1S/C22H27N5O4/c1-22(6-7-22)31-14-4-5-17-16(10-14)20(24-23-17)18-11-19(21(29)26(2)25-18)27-8-3-9-30-15(12-27)13-28/h4-5,10-11,15,28H,3,6-9,12-13H2,1-2H3,(H,23,24). The first-order valence-electron chi connectivity index (χ1n) is 10.7. The van der Waals surface area contributed by atoms with E-state index in [0.717, 1.165) is 35.9 Å². The number of nitrogens with zero attached hydrogens (tertiary/aromatic N) is 4. The Labute approximate surface area is 179 Å². The van der Waals surface area contributed by atoms with Crippen LogP contribution < -0.4 is 15.2 Å². The van der Waals surface area contributed by atoms with Crippen LogP contribution in [0.15, 0.2) is 29.1 Å². The third kappa shape index (κ3) is 3.90. The van der Waals surface area contributed by atoms with Gasteiger partial charge >= 0.3 is 0 Å². The van der Waals surface area contributed by atoms with Gasteiger partial charge in [-0.1, -0.05) is 0 Å². The van der Waals surface area contributed by atoms with Crippen LogP contribution in [0.5, 0.6) is 5.75 Å². The molecule has 9 nitrogen and oxygen atoms in total. The zero-order valence-electron chi connectivity index (χ0n) is 17.8. The van der Waals surface area contributed by atoms with Crippen molar-refractivity contribution in [1.29, 1.82) is 0 Å². The van der Waals surface area contributed by atoms with Gasteiger partial charge < -0.3 is 19.5 Å². The van der Waals surface area contributed by atoms with E-state index in [9.17, 15) is 9.90 Å². The van der Waals surface area contributed by atoms with Crippen LogP contribution in [0.3, 0.4) is 0 Å². The number of aliphatic hydroxyl groups is 1. The molecule has 1 saturated heterocycles. The van der Waals surface area contributed by atoms with E-state index in [-0.39, 0.29) is 23.9 Å². The second-order valence-electron chi connectivity index (χ2n) is 8.65. The number of nitrogens with one attached hydrogen (secondary N) is 1. The van der Waals surface area contributed by atoms with E-state index < -0.39 is 0 Å². The van der Waals surface area contributed by atoms with Gasteiger partial charge in [0.15, 0.2) is 0 Å². The Kier molecular flexibility index (Phi) is 4.94. The third-order valence-corrected chi connectivity index (χ3v) is 6.03. The van der Waals surface area contributed by atoms with Crippen molar-refractivity contribution in [3.63, 3.8) is 0 Å². The number of rotatable bonds is 5. The molecular formula is C22H27N5O4. The van der Waals surface area contributed by atoms with Gasteiger partial charge in [-0.3, -0.25) is 9.89 Å². The molecule has 9 heteroatoms. The van der Waals surface area contributed by atoms with Crippen LogP contribution in [0.2, 0.25) is 0 Å². The first-order chi connectivity index (χ1) is 15.0. The Morgan fingerprint density at radius 2 is 2.19 bits per heavy atom. The molecule has 0 bridgehead atoms. The highest BCUT2D eigenvalue weighted by molar-refractivity contribution is 5.93. The number of aryl methyl sites for hydroxylation is 1. The zero-order valence-corrected chi connectivity index (χ0v) is 17.8. The van der Waals surface area contributed by atoms with Crippen molar-refractivity contribution in [2.24, 2.45) is 7.05 Å². The molecule has 1 saturated carbocycles. The van der Waals surface area contributed by atoms with Gasteiger partial charge in [-0.05, 0) is 50.5 Å². The number of hydrogen-bond acceptors (Lipinski definition) is 7. The fraction of sp³-hybridized carbons (Fsp3) is 0.500. The number of hydrogen-bond donors (Lipinski definition) is 2. The molecule has 5 rings (SSSR count). The van der Waals surface area contributed by atoms with Crippen molar-refractivity contribution in [3.05, 3.63) is 34.6 Å². The van der Waals surface area contributed by atoms with Crippen LogP contribution in [0.1, 0.15) is 26.2 Å². The first-order valence-corrected chi connectivity index (χ1v) is 10.7. The lowest BCUT2D eigenvalue weighted by Gasteiger charge is -2.24. The third-order valence-electron chi connectivity index (χ3n) is 6.03. The van der Waals surface area contributed by atoms with Gasteiger partial charge in [0.25, 0.3) is 5.56 Å². The Balaban J connectivity index is 1.55. The maximum Gasteiger partial charge on any atom is 0.290 e. The van der Waals surface area contributed by atoms with Crippen LogP contribution >= 0.6 is 0 Å². The molecule has 2 aromatic heterocycles. The van der Waals surface area contributed by atoms with Crippen molar-refractivity contribution >= 4 is 16.6 Å². The van der Waals surface area contributed by atoms with Gasteiger partial charge in [-0.25, -0.2) is 4.68 Å². The Morgan fingerprint density at radius 1 is 1.35 bits per heavy atom. The minimum absolute atomic E-state index is 0.0717. The summed E-state index contributed by atoms with van der Waals surface area (Å²) in [4.78, 5) is 14.9. The summed E-state index contributed by atoms with van der Waals surface area (Å²) in [5.74, 6) is 0.802. The molecule has 1 aromatic carbocycles. The van der Waals surface area contributed by atoms with Gasteiger partial charge in [0, 0.05) is 32.1 Å². The number of fused-ring (bicyclic) bond motifs is 1. The molecule has 0 amide bonds. The fourth-order valence-electron chi connectivity index (χ4n) is 3.97. The van der Waals surface area contributed by atoms with Crippen molar-refractivity contribution in [1.82, 2.24) is 20.0 Å². The van der Waals surface area contributed by atoms with Crippen molar-refractivity contribution in [3.8, 4) is 17.1 Å². The van der Waals surface area contributed by atoms with E-state index in [0.29, 0.717) is 36.8 Å². The maximum absolute atomic E-state index is 12.9. The second kappa shape index (κ2) is 7.65. The smallest absolute Gasteiger partial charge is 0.290 e. The SMILES string of the molecule is Cn1nc(-c2n[nH]c3ccc(OC4(C)CC4)cc23)cc(N2CCCOC(CO)C2)c1=O. The summed E-state index contributed by atoms with van der Waals surface area (Å²) in [5, 5.41) is 22.5. The molecule has 3 aromatic rings. The molecule has 31 heavy (non-hydrogen) atoms. The Hall–Kier alpha value is -2.91. The predicted molar refractivity (Wildman–Crippen MR) is 116 cm³/mol. The van der Waals surface area contributed by atoms with Crippen molar-refractivity contribution < 1.29 is 14.6 Å². The monoisotopic (exact) mass is 425 g/mol. The number of aliphatic hydroxyl groups excluding tert-OH is 1. The summed E-state index contributed by atoms with van der Waals surface area (Å²) in [5.41, 5.74) is 2.42. The van der Waals surface area contributed by atoms with Crippen molar-refractivity contribution in [2.75, 3.05) is 31.2 Å². The highest BCUT2D eigenvalue weighted by atomic mass is 16.5. The van der Waals surface area contributed by atoms with E-state index in [1.807, 2.05) is 23.1 Å². The number of anilines is 1. The Morgan fingerprint density at radius 3 is 2.97 bits per heavy atom. The van der Waals surface area contributed by atoms with Crippen LogP contribution in [0.4, 0.5) is 5.69 Å². The normalized spacial score (nSPS) is 20.6. The van der Waals surface area contributed by atoms with Crippen LogP contribution in [-0.4, -0.2) is 63.1 Å². The summed E-state index contributed by atoms with van der Waals surface area (Å²) in [7, 11) is 1.64. The lowest BCUT2D eigenvalue weighted by Crippen LogP contribution is -2.38. The molecule has 1 unspecified atom stereocenters. The summed E-state index contributed by atoms with van der Waals surface area (Å²) >= 11 is 0. The zero-order chi connectivity index (χ0) is 21.6. The predicted octanol–water partition coefficient (Wildman–Crippen LogP) is 1.84. The van der Waals surface area contributed by atoms with Gasteiger partial charge in [-0.15, -0.1) is 0 Å². The van der Waals surface area contributed by atoms with Gasteiger partial charge in [0.2, 0.25) is 0 Å². The largest absolute Gasteiger partial charge is 0.488 e. The fourth-order valence-corrected chi connectivity index (χ4v) is 3.97. The number of H-pyrrole nitrogens is 1. The van der Waals surface area contributed by atoms with Crippen LogP contribution in [-0.2, 0) is 11.8 Å². The molecular weight excluding hydrogens is 398 g/mol. The summed E-state index contributed by atoms with van der Waals surface area (Å²) < 4.78 is 13.1. The maximum atomic E-state index is 12.9. The molecule has 164 valence electrons. The number of aromatic nitrogens is 4. The molecule has 3 heterocycles. The number of benzene rings is 1. The van der Waals surface area contributed by atoms with E-state index in [1.165, 1.54) is 4.68 Å². The average molecular weight is 425 g/mol. The summed E-state index contributed by atoms with van der Waals surface area (Å²) in [6.45, 7) is 3.71. The first kappa shape index (κ1) is 20.0. The average Bonchev–Trinajstić information content (AvgIpc) is 3.41. The Bertz CT molecular complexity index is 1170. The molecule has 2 N–H and O–H groups in total. The van der Waals surface area contributed by atoms with E-state index in [2.05, 4.69) is 22.2 Å². The van der Waals surface area contributed by atoms with Crippen molar-refractivity contribution in [2.45, 2.75) is 37.9 Å². The molecule has 0 radical (unpaired) electrons. The van der Waals surface area contributed by atoms with E-state index in [4.69, 9.17) is 9.47 Å².